The summed E-state index contributed by atoms with van der Waals surface area (Å²) in [6.45, 7) is 0.871. The fourth-order valence-electron chi connectivity index (χ4n) is 1.96. The predicted octanol–water partition coefficient (Wildman–Crippen LogP) is 3.66. The van der Waals surface area contributed by atoms with Gasteiger partial charge in [0, 0.05) is 30.1 Å². The highest BCUT2D eigenvalue weighted by molar-refractivity contribution is 6.42. The summed E-state index contributed by atoms with van der Waals surface area (Å²) in [5.74, 6) is 0.0642. The summed E-state index contributed by atoms with van der Waals surface area (Å²) in [6, 6.07) is 5.08. The Morgan fingerprint density at radius 2 is 2.22 bits per heavy atom. The van der Waals surface area contributed by atoms with E-state index >= 15 is 0 Å². The van der Waals surface area contributed by atoms with Crippen LogP contribution in [0, 0.1) is 5.92 Å². The number of rotatable bonds is 3. The SMILES string of the molecule is [N-]=[N+]=NCC1CC(=O)N(c2ccc(Cl)c(Cl)c2)C1. The van der Waals surface area contributed by atoms with Crippen molar-refractivity contribution >= 4 is 34.8 Å². The minimum Gasteiger partial charge on any atom is -0.312 e. The molecule has 1 unspecified atom stereocenters. The molecule has 5 nitrogen and oxygen atoms in total. The van der Waals surface area contributed by atoms with E-state index in [0.717, 1.165) is 5.69 Å². The summed E-state index contributed by atoms with van der Waals surface area (Å²) in [6.07, 6.45) is 0.388. The molecule has 1 aromatic rings. The topological polar surface area (TPSA) is 69.1 Å². The molecule has 0 bridgehead atoms. The van der Waals surface area contributed by atoms with Crippen molar-refractivity contribution in [2.75, 3.05) is 18.0 Å². The van der Waals surface area contributed by atoms with Crippen LogP contribution in [0.3, 0.4) is 0 Å². The van der Waals surface area contributed by atoms with Crippen LogP contribution >= 0.6 is 23.2 Å². The molecule has 0 aliphatic carbocycles. The molecule has 1 aromatic carbocycles. The van der Waals surface area contributed by atoms with E-state index in [2.05, 4.69) is 10.0 Å². The Hall–Kier alpha value is -1.42. The molecule has 0 radical (unpaired) electrons. The first kappa shape index (κ1) is 13.0. The number of hydrogen-bond acceptors (Lipinski definition) is 2. The molecule has 1 heterocycles. The molecule has 7 heteroatoms. The van der Waals surface area contributed by atoms with E-state index in [1.165, 1.54) is 0 Å². The van der Waals surface area contributed by atoms with E-state index in [4.69, 9.17) is 28.7 Å². The van der Waals surface area contributed by atoms with E-state index in [0.29, 0.717) is 29.6 Å². The Balaban J connectivity index is 2.16. The summed E-state index contributed by atoms with van der Waals surface area (Å²) in [5.41, 5.74) is 8.99. The number of azide groups is 1. The molecule has 1 fully saturated rings. The zero-order chi connectivity index (χ0) is 13.1. The first-order chi connectivity index (χ1) is 8.61. The minimum absolute atomic E-state index is 0.00605. The standard InChI is InChI=1S/C11H10Cl2N4O/c12-9-2-1-8(4-10(9)13)17-6-7(3-11(17)18)5-15-16-14/h1-2,4,7H,3,5-6H2. The summed E-state index contributed by atoms with van der Waals surface area (Å²) in [7, 11) is 0. The smallest absolute Gasteiger partial charge is 0.227 e. The zero-order valence-corrected chi connectivity index (χ0v) is 10.9. The molecular formula is C11H10Cl2N4O. The molecule has 18 heavy (non-hydrogen) atoms. The monoisotopic (exact) mass is 284 g/mol. The highest BCUT2D eigenvalue weighted by Gasteiger charge is 2.30. The second-order valence-corrected chi connectivity index (χ2v) is 4.90. The normalized spacial score (nSPS) is 18.9. The summed E-state index contributed by atoms with van der Waals surface area (Å²) < 4.78 is 0. The van der Waals surface area contributed by atoms with E-state index in [-0.39, 0.29) is 11.8 Å². The third-order valence-electron chi connectivity index (χ3n) is 2.82. The van der Waals surface area contributed by atoms with Crippen molar-refractivity contribution in [3.8, 4) is 0 Å². The van der Waals surface area contributed by atoms with Gasteiger partial charge < -0.3 is 4.90 Å². The molecule has 1 aliphatic heterocycles. The lowest BCUT2D eigenvalue weighted by atomic mass is 10.1. The molecular weight excluding hydrogens is 275 g/mol. The Kier molecular flexibility index (Phi) is 3.97. The largest absolute Gasteiger partial charge is 0.312 e. The van der Waals surface area contributed by atoms with Crippen LogP contribution in [0.25, 0.3) is 10.4 Å². The van der Waals surface area contributed by atoms with Gasteiger partial charge in [-0.1, -0.05) is 28.3 Å². The first-order valence-electron chi connectivity index (χ1n) is 5.38. The number of benzene rings is 1. The van der Waals surface area contributed by atoms with Crippen molar-refractivity contribution in [1.29, 1.82) is 0 Å². The molecule has 1 aliphatic rings. The maximum Gasteiger partial charge on any atom is 0.227 e. The van der Waals surface area contributed by atoms with Gasteiger partial charge in [-0.15, -0.1) is 0 Å². The molecule has 0 aromatic heterocycles. The van der Waals surface area contributed by atoms with Gasteiger partial charge in [0.1, 0.15) is 0 Å². The summed E-state index contributed by atoms with van der Waals surface area (Å²) in [4.78, 5) is 16.2. The van der Waals surface area contributed by atoms with Crippen LogP contribution in [0.15, 0.2) is 23.3 Å². The van der Waals surface area contributed by atoms with Crippen molar-refractivity contribution < 1.29 is 4.79 Å². The Labute approximate surface area is 114 Å². The van der Waals surface area contributed by atoms with Gasteiger partial charge in [-0.25, -0.2) is 0 Å². The third kappa shape index (κ3) is 2.70. The number of hydrogen-bond donors (Lipinski definition) is 0. The van der Waals surface area contributed by atoms with Crippen molar-refractivity contribution in [3.63, 3.8) is 0 Å². The lowest BCUT2D eigenvalue weighted by Gasteiger charge is -2.17. The molecule has 1 atom stereocenters. The van der Waals surface area contributed by atoms with Gasteiger partial charge in [-0.3, -0.25) is 4.79 Å². The maximum absolute atomic E-state index is 11.9. The number of carbonyl (C=O) groups excluding carboxylic acids is 1. The van der Waals surface area contributed by atoms with Gasteiger partial charge in [-0.05, 0) is 29.6 Å². The number of nitrogens with zero attached hydrogens (tertiary/aromatic N) is 4. The average Bonchev–Trinajstić information content (AvgIpc) is 2.71. The van der Waals surface area contributed by atoms with Gasteiger partial charge >= 0.3 is 0 Å². The van der Waals surface area contributed by atoms with Crippen molar-refractivity contribution in [1.82, 2.24) is 0 Å². The zero-order valence-electron chi connectivity index (χ0n) is 9.38. The van der Waals surface area contributed by atoms with Gasteiger partial charge in [0.15, 0.2) is 0 Å². The Bertz CT molecular complexity index is 528. The lowest BCUT2D eigenvalue weighted by molar-refractivity contribution is -0.117. The van der Waals surface area contributed by atoms with Crippen LogP contribution < -0.4 is 4.90 Å². The van der Waals surface area contributed by atoms with Gasteiger partial charge in [0.2, 0.25) is 5.91 Å². The summed E-state index contributed by atoms with van der Waals surface area (Å²) >= 11 is 11.8. The second kappa shape index (κ2) is 5.48. The Morgan fingerprint density at radius 1 is 1.44 bits per heavy atom. The van der Waals surface area contributed by atoms with Crippen LogP contribution in [0.2, 0.25) is 10.0 Å². The number of anilines is 1. The van der Waals surface area contributed by atoms with E-state index in [1.54, 1.807) is 23.1 Å². The molecule has 1 saturated heterocycles. The molecule has 0 N–H and O–H groups in total. The van der Waals surface area contributed by atoms with Gasteiger partial charge in [0.05, 0.1) is 10.0 Å². The molecule has 0 spiro atoms. The highest BCUT2D eigenvalue weighted by atomic mass is 35.5. The minimum atomic E-state index is 0.00605. The van der Waals surface area contributed by atoms with Crippen molar-refractivity contribution in [2.45, 2.75) is 6.42 Å². The first-order valence-corrected chi connectivity index (χ1v) is 6.13. The Morgan fingerprint density at radius 3 is 2.89 bits per heavy atom. The van der Waals surface area contributed by atoms with Crippen LogP contribution in [0.4, 0.5) is 5.69 Å². The number of amides is 1. The van der Waals surface area contributed by atoms with Crippen LogP contribution in [0.1, 0.15) is 6.42 Å². The van der Waals surface area contributed by atoms with Crippen molar-refractivity contribution in [3.05, 3.63) is 38.7 Å². The summed E-state index contributed by atoms with van der Waals surface area (Å²) in [5, 5.41) is 4.38. The average molecular weight is 285 g/mol. The van der Waals surface area contributed by atoms with Crippen LogP contribution in [0.5, 0.6) is 0 Å². The van der Waals surface area contributed by atoms with Crippen LogP contribution in [-0.2, 0) is 4.79 Å². The highest BCUT2D eigenvalue weighted by Crippen LogP contribution is 2.30. The number of carbonyl (C=O) groups is 1. The van der Waals surface area contributed by atoms with Gasteiger partial charge in [0.25, 0.3) is 0 Å². The molecule has 1 amide bonds. The quantitative estimate of drug-likeness (QED) is 0.474. The van der Waals surface area contributed by atoms with Crippen molar-refractivity contribution in [2.24, 2.45) is 11.0 Å². The number of halogens is 2. The van der Waals surface area contributed by atoms with Gasteiger partial charge in [-0.2, -0.15) is 0 Å². The van der Waals surface area contributed by atoms with E-state index in [9.17, 15) is 4.79 Å². The lowest BCUT2D eigenvalue weighted by Crippen LogP contribution is -2.24. The predicted molar refractivity (Wildman–Crippen MR) is 70.9 cm³/mol. The van der Waals surface area contributed by atoms with E-state index < -0.39 is 0 Å². The molecule has 2 rings (SSSR count). The van der Waals surface area contributed by atoms with E-state index in [1.807, 2.05) is 0 Å². The fourth-order valence-corrected chi connectivity index (χ4v) is 2.25. The third-order valence-corrected chi connectivity index (χ3v) is 3.56. The molecule has 0 saturated carbocycles. The fraction of sp³-hybridized carbons (Fsp3) is 0.364. The second-order valence-electron chi connectivity index (χ2n) is 4.09. The van der Waals surface area contributed by atoms with Crippen LogP contribution in [-0.4, -0.2) is 19.0 Å². The molecule has 94 valence electrons. The maximum atomic E-state index is 11.9.